The van der Waals surface area contributed by atoms with Gasteiger partial charge in [-0.3, -0.25) is 0 Å². The summed E-state index contributed by atoms with van der Waals surface area (Å²) in [5, 5.41) is 8.05. The van der Waals surface area contributed by atoms with E-state index in [0.29, 0.717) is 6.04 Å². The standard InChI is InChI=1S/C12H17N2O/c1-15-11-5-3-10(4-6-11)12-9-13-7-2-8-14-12/h3-6,12-13H,2,7-9H2,1H3. The zero-order chi connectivity index (χ0) is 10.5. The number of nitrogens with zero attached hydrogens (tertiary/aromatic N) is 1. The first kappa shape index (κ1) is 10.5. The Kier molecular flexibility index (Phi) is 3.59. The van der Waals surface area contributed by atoms with Gasteiger partial charge in [0.2, 0.25) is 0 Å². The minimum Gasteiger partial charge on any atom is -0.497 e. The average Bonchev–Trinajstić information content (AvgIpc) is 2.58. The second kappa shape index (κ2) is 5.14. The van der Waals surface area contributed by atoms with Crippen LogP contribution in [0.5, 0.6) is 5.75 Å². The van der Waals surface area contributed by atoms with Gasteiger partial charge in [0.15, 0.2) is 0 Å². The summed E-state index contributed by atoms with van der Waals surface area (Å²) in [5.41, 5.74) is 1.27. The molecule has 81 valence electrons. The molecule has 1 atom stereocenters. The molecule has 1 unspecified atom stereocenters. The van der Waals surface area contributed by atoms with Crippen LogP contribution in [0.15, 0.2) is 24.3 Å². The predicted octanol–water partition coefficient (Wildman–Crippen LogP) is 1.33. The van der Waals surface area contributed by atoms with E-state index < -0.39 is 0 Å². The highest BCUT2D eigenvalue weighted by Gasteiger charge is 2.13. The lowest BCUT2D eigenvalue weighted by atomic mass is 10.1. The number of nitrogens with one attached hydrogen (secondary N) is 1. The van der Waals surface area contributed by atoms with Crippen molar-refractivity contribution in [1.82, 2.24) is 10.6 Å². The quantitative estimate of drug-likeness (QED) is 0.790. The molecule has 1 N–H and O–H groups in total. The third-order valence-electron chi connectivity index (χ3n) is 2.70. The van der Waals surface area contributed by atoms with Crippen LogP contribution in [0.3, 0.4) is 0 Å². The Hall–Kier alpha value is -1.06. The van der Waals surface area contributed by atoms with Gasteiger partial charge >= 0.3 is 0 Å². The van der Waals surface area contributed by atoms with Crippen molar-refractivity contribution in [3.8, 4) is 5.75 Å². The molecule has 1 saturated heterocycles. The summed E-state index contributed by atoms with van der Waals surface area (Å²) < 4.78 is 5.13. The third kappa shape index (κ3) is 2.70. The van der Waals surface area contributed by atoms with Crippen molar-refractivity contribution >= 4 is 0 Å². The second-order valence-electron chi connectivity index (χ2n) is 3.75. The highest BCUT2D eigenvalue weighted by atomic mass is 16.5. The molecule has 15 heavy (non-hydrogen) atoms. The summed E-state index contributed by atoms with van der Waals surface area (Å²) in [4.78, 5) is 0. The van der Waals surface area contributed by atoms with Crippen LogP contribution >= 0.6 is 0 Å². The van der Waals surface area contributed by atoms with Crippen LogP contribution in [0.1, 0.15) is 18.0 Å². The largest absolute Gasteiger partial charge is 0.497 e. The molecule has 3 nitrogen and oxygen atoms in total. The summed E-state index contributed by atoms with van der Waals surface area (Å²) in [6.07, 6.45) is 1.15. The van der Waals surface area contributed by atoms with Crippen molar-refractivity contribution < 1.29 is 4.74 Å². The molecule has 2 rings (SSSR count). The van der Waals surface area contributed by atoms with E-state index in [9.17, 15) is 0 Å². The van der Waals surface area contributed by atoms with Crippen LogP contribution in [0.2, 0.25) is 0 Å². The minimum atomic E-state index is 0.304. The van der Waals surface area contributed by atoms with Crippen molar-refractivity contribution in [3.05, 3.63) is 29.8 Å². The van der Waals surface area contributed by atoms with Gasteiger partial charge in [0.1, 0.15) is 5.75 Å². The molecule has 0 bridgehead atoms. The lowest BCUT2D eigenvalue weighted by molar-refractivity contribution is 0.414. The van der Waals surface area contributed by atoms with Crippen LogP contribution in [0.25, 0.3) is 0 Å². The molecule has 0 aliphatic carbocycles. The first-order valence-corrected chi connectivity index (χ1v) is 5.41. The van der Waals surface area contributed by atoms with Crippen molar-refractivity contribution in [1.29, 1.82) is 0 Å². The molecule has 0 saturated carbocycles. The van der Waals surface area contributed by atoms with E-state index in [1.807, 2.05) is 12.1 Å². The molecule has 0 amide bonds. The average molecular weight is 205 g/mol. The molecule has 1 radical (unpaired) electrons. The van der Waals surface area contributed by atoms with E-state index in [2.05, 4.69) is 22.8 Å². The van der Waals surface area contributed by atoms with Gasteiger partial charge in [-0.25, -0.2) is 5.32 Å². The summed E-state index contributed by atoms with van der Waals surface area (Å²) in [6, 6.07) is 8.49. The minimum absolute atomic E-state index is 0.304. The fraction of sp³-hybridized carbons (Fsp3) is 0.500. The zero-order valence-electron chi connectivity index (χ0n) is 9.07. The lowest BCUT2D eigenvalue weighted by Crippen LogP contribution is -2.23. The van der Waals surface area contributed by atoms with Crippen molar-refractivity contribution in [2.75, 3.05) is 26.7 Å². The van der Waals surface area contributed by atoms with Gasteiger partial charge < -0.3 is 10.1 Å². The van der Waals surface area contributed by atoms with E-state index in [1.54, 1.807) is 7.11 Å². The van der Waals surface area contributed by atoms with Gasteiger partial charge in [0, 0.05) is 13.1 Å². The van der Waals surface area contributed by atoms with Crippen molar-refractivity contribution in [2.45, 2.75) is 12.5 Å². The van der Waals surface area contributed by atoms with Crippen molar-refractivity contribution in [3.63, 3.8) is 0 Å². The van der Waals surface area contributed by atoms with E-state index >= 15 is 0 Å². The first-order valence-electron chi connectivity index (χ1n) is 5.41. The predicted molar refractivity (Wildman–Crippen MR) is 60.2 cm³/mol. The summed E-state index contributed by atoms with van der Waals surface area (Å²) in [6.45, 7) is 2.99. The maximum absolute atomic E-state index is 5.13. The SMILES string of the molecule is COc1ccc(C2CNCCC[N]2)cc1. The van der Waals surface area contributed by atoms with Gasteiger partial charge in [-0.2, -0.15) is 0 Å². The summed E-state index contributed by atoms with van der Waals surface area (Å²) >= 11 is 0. The molecule has 1 aliphatic heterocycles. The van der Waals surface area contributed by atoms with E-state index in [1.165, 1.54) is 5.56 Å². The summed E-state index contributed by atoms with van der Waals surface area (Å²) in [5.74, 6) is 0.903. The second-order valence-corrected chi connectivity index (χ2v) is 3.75. The Bertz CT molecular complexity index is 289. The number of hydrogen-bond acceptors (Lipinski definition) is 2. The van der Waals surface area contributed by atoms with E-state index in [4.69, 9.17) is 4.74 Å². The van der Waals surface area contributed by atoms with Crippen molar-refractivity contribution in [2.24, 2.45) is 0 Å². The van der Waals surface area contributed by atoms with Gasteiger partial charge in [-0.1, -0.05) is 12.1 Å². The fourth-order valence-corrected chi connectivity index (χ4v) is 1.80. The maximum atomic E-state index is 5.13. The van der Waals surface area contributed by atoms with Crippen LogP contribution in [0.4, 0.5) is 0 Å². The number of methoxy groups -OCH3 is 1. The molecule has 0 spiro atoms. The maximum Gasteiger partial charge on any atom is 0.118 e. The molecule has 1 heterocycles. The Morgan fingerprint density at radius 3 is 2.87 bits per heavy atom. The molecule has 0 aromatic heterocycles. The topological polar surface area (TPSA) is 35.4 Å². The van der Waals surface area contributed by atoms with Gasteiger partial charge in [0.05, 0.1) is 13.2 Å². The summed E-state index contributed by atoms with van der Waals surface area (Å²) in [7, 11) is 1.69. The third-order valence-corrected chi connectivity index (χ3v) is 2.70. The first-order chi connectivity index (χ1) is 7.40. The Morgan fingerprint density at radius 2 is 2.13 bits per heavy atom. The Morgan fingerprint density at radius 1 is 1.33 bits per heavy atom. The lowest BCUT2D eigenvalue weighted by Gasteiger charge is -2.14. The highest BCUT2D eigenvalue weighted by molar-refractivity contribution is 5.29. The molecule has 1 aromatic rings. The van der Waals surface area contributed by atoms with Crippen LogP contribution < -0.4 is 15.4 Å². The Balaban J connectivity index is 2.06. The molecule has 1 aromatic carbocycles. The normalized spacial score (nSPS) is 22.1. The molecular formula is C12H17N2O. The molecule has 3 heteroatoms. The van der Waals surface area contributed by atoms with Crippen LogP contribution in [0, 0.1) is 0 Å². The number of ether oxygens (including phenoxy) is 1. The van der Waals surface area contributed by atoms with E-state index in [-0.39, 0.29) is 0 Å². The molecule has 1 fully saturated rings. The fourth-order valence-electron chi connectivity index (χ4n) is 1.80. The van der Waals surface area contributed by atoms with Crippen LogP contribution in [-0.4, -0.2) is 26.7 Å². The number of rotatable bonds is 2. The number of benzene rings is 1. The van der Waals surface area contributed by atoms with Gasteiger partial charge in [-0.05, 0) is 30.7 Å². The molecule has 1 aliphatic rings. The van der Waals surface area contributed by atoms with E-state index in [0.717, 1.165) is 31.8 Å². The van der Waals surface area contributed by atoms with Gasteiger partial charge in [-0.15, -0.1) is 0 Å². The Labute approximate surface area is 90.8 Å². The highest BCUT2D eigenvalue weighted by Crippen LogP contribution is 2.18. The monoisotopic (exact) mass is 205 g/mol. The van der Waals surface area contributed by atoms with Gasteiger partial charge in [0.25, 0.3) is 0 Å². The number of hydrogen-bond donors (Lipinski definition) is 1. The smallest absolute Gasteiger partial charge is 0.118 e. The zero-order valence-corrected chi connectivity index (χ0v) is 9.07. The van der Waals surface area contributed by atoms with Crippen LogP contribution in [-0.2, 0) is 0 Å². The molecular weight excluding hydrogens is 188 g/mol.